The Bertz CT molecular complexity index is 833. The summed E-state index contributed by atoms with van der Waals surface area (Å²) in [5, 5.41) is 0. The van der Waals surface area contributed by atoms with Crippen LogP contribution in [0.15, 0.2) is 36.7 Å². The van der Waals surface area contributed by atoms with Crippen molar-refractivity contribution in [3.8, 4) is 5.75 Å². The van der Waals surface area contributed by atoms with Gasteiger partial charge in [0.05, 0.1) is 25.2 Å². The van der Waals surface area contributed by atoms with E-state index in [0.717, 1.165) is 43.4 Å². The molecule has 2 saturated heterocycles. The second kappa shape index (κ2) is 8.68. The molecular weight excluding hydrogens is 366 g/mol. The first-order chi connectivity index (χ1) is 14.2. The summed E-state index contributed by atoms with van der Waals surface area (Å²) in [6.07, 6.45) is 5.82. The van der Waals surface area contributed by atoms with E-state index in [0.29, 0.717) is 24.7 Å². The van der Waals surface area contributed by atoms with Gasteiger partial charge in [-0.3, -0.25) is 4.79 Å². The fourth-order valence-corrected chi connectivity index (χ4v) is 4.20. The van der Waals surface area contributed by atoms with Crippen LogP contribution in [0.3, 0.4) is 0 Å². The van der Waals surface area contributed by atoms with Crippen LogP contribution in [0.25, 0.3) is 0 Å². The van der Waals surface area contributed by atoms with Gasteiger partial charge in [-0.1, -0.05) is 19.1 Å². The zero-order valence-electron chi connectivity index (χ0n) is 17.3. The molecule has 0 bridgehead atoms. The average Bonchev–Trinajstić information content (AvgIpc) is 2.79. The molecule has 7 nitrogen and oxygen atoms in total. The molecule has 4 rings (SSSR count). The average molecular weight is 396 g/mol. The number of aromatic nitrogens is 2. The number of para-hydroxylation sites is 2. The van der Waals surface area contributed by atoms with Gasteiger partial charge >= 0.3 is 0 Å². The Morgan fingerprint density at radius 1 is 1.03 bits per heavy atom. The predicted octanol–water partition coefficient (Wildman–Crippen LogP) is 2.68. The first-order valence-corrected chi connectivity index (χ1v) is 10.4. The highest BCUT2D eigenvalue weighted by atomic mass is 16.5. The van der Waals surface area contributed by atoms with E-state index in [1.165, 1.54) is 12.8 Å². The molecule has 0 radical (unpaired) electrons. The SMILES string of the molecule is COc1ccccc1N1CCN(C(=O)c2cnc(N3CCCC(C)C3)cn2)CC1. The molecule has 0 spiro atoms. The lowest BCUT2D eigenvalue weighted by Gasteiger charge is -2.36. The van der Waals surface area contributed by atoms with E-state index in [1.54, 1.807) is 19.5 Å². The summed E-state index contributed by atoms with van der Waals surface area (Å²) in [4.78, 5) is 28.2. The number of amides is 1. The Morgan fingerprint density at radius 3 is 2.52 bits per heavy atom. The minimum Gasteiger partial charge on any atom is -0.495 e. The quantitative estimate of drug-likeness (QED) is 0.793. The van der Waals surface area contributed by atoms with Crippen molar-refractivity contribution in [1.82, 2.24) is 14.9 Å². The summed E-state index contributed by atoms with van der Waals surface area (Å²) >= 11 is 0. The maximum absolute atomic E-state index is 12.9. The van der Waals surface area contributed by atoms with E-state index in [1.807, 2.05) is 23.1 Å². The minimum atomic E-state index is -0.0456. The van der Waals surface area contributed by atoms with E-state index in [9.17, 15) is 4.79 Å². The van der Waals surface area contributed by atoms with Crippen molar-refractivity contribution in [2.75, 3.05) is 56.2 Å². The van der Waals surface area contributed by atoms with Crippen molar-refractivity contribution >= 4 is 17.4 Å². The molecule has 0 aliphatic carbocycles. The molecule has 2 aliphatic rings. The summed E-state index contributed by atoms with van der Waals surface area (Å²) in [5.74, 6) is 2.36. The van der Waals surface area contributed by atoms with Crippen LogP contribution in [-0.4, -0.2) is 67.2 Å². The third kappa shape index (κ3) is 4.28. The Hall–Kier alpha value is -2.83. The third-order valence-electron chi connectivity index (χ3n) is 5.83. The van der Waals surface area contributed by atoms with Gasteiger partial charge in [-0.2, -0.15) is 0 Å². The van der Waals surface area contributed by atoms with Gasteiger partial charge < -0.3 is 19.4 Å². The predicted molar refractivity (Wildman–Crippen MR) is 114 cm³/mol. The molecule has 1 aromatic heterocycles. The van der Waals surface area contributed by atoms with Gasteiger partial charge in [0.1, 0.15) is 17.3 Å². The Morgan fingerprint density at radius 2 is 1.83 bits per heavy atom. The van der Waals surface area contributed by atoms with Gasteiger partial charge in [-0.25, -0.2) is 9.97 Å². The highest BCUT2D eigenvalue weighted by Gasteiger charge is 2.25. The van der Waals surface area contributed by atoms with Crippen LogP contribution in [0.4, 0.5) is 11.5 Å². The lowest BCUT2D eigenvalue weighted by Crippen LogP contribution is -2.49. The molecule has 154 valence electrons. The highest BCUT2D eigenvalue weighted by Crippen LogP contribution is 2.28. The van der Waals surface area contributed by atoms with E-state index in [4.69, 9.17) is 4.74 Å². The van der Waals surface area contributed by atoms with Crippen LogP contribution < -0.4 is 14.5 Å². The number of carbonyl (C=O) groups excluding carboxylic acids is 1. The highest BCUT2D eigenvalue weighted by molar-refractivity contribution is 5.92. The van der Waals surface area contributed by atoms with Crippen molar-refractivity contribution in [3.63, 3.8) is 0 Å². The molecule has 29 heavy (non-hydrogen) atoms. The number of methoxy groups -OCH3 is 1. The number of benzene rings is 1. The monoisotopic (exact) mass is 395 g/mol. The van der Waals surface area contributed by atoms with Gasteiger partial charge in [0, 0.05) is 39.3 Å². The third-order valence-corrected chi connectivity index (χ3v) is 5.83. The molecule has 0 N–H and O–H groups in total. The number of rotatable bonds is 4. The molecule has 0 saturated carbocycles. The molecule has 7 heteroatoms. The molecule has 1 atom stereocenters. The van der Waals surface area contributed by atoms with Crippen molar-refractivity contribution in [3.05, 3.63) is 42.4 Å². The molecule has 1 aromatic carbocycles. The minimum absolute atomic E-state index is 0.0456. The summed E-state index contributed by atoms with van der Waals surface area (Å²) in [6.45, 7) is 7.13. The van der Waals surface area contributed by atoms with Crippen molar-refractivity contribution in [1.29, 1.82) is 0 Å². The maximum atomic E-state index is 12.9. The van der Waals surface area contributed by atoms with Gasteiger partial charge in [-0.15, -0.1) is 0 Å². The topological polar surface area (TPSA) is 61.8 Å². The van der Waals surface area contributed by atoms with Crippen LogP contribution in [-0.2, 0) is 0 Å². The van der Waals surface area contributed by atoms with Crippen LogP contribution in [0.1, 0.15) is 30.3 Å². The van der Waals surface area contributed by atoms with Gasteiger partial charge in [0.2, 0.25) is 0 Å². The Labute approximate surface area is 172 Å². The Kier molecular flexibility index (Phi) is 5.83. The molecule has 3 heterocycles. The Balaban J connectivity index is 1.37. The number of carbonyl (C=O) groups is 1. The summed E-state index contributed by atoms with van der Waals surface area (Å²) in [7, 11) is 1.69. The number of piperazine rings is 1. The largest absolute Gasteiger partial charge is 0.495 e. The number of anilines is 2. The van der Waals surface area contributed by atoms with Crippen molar-refractivity contribution in [2.45, 2.75) is 19.8 Å². The van der Waals surface area contributed by atoms with Crippen LogP contribution >= 0.6 is 0 Å². The fourth-order valence-electron chi connectivity index (χ4n) is 4.20. The first kappa shape index (κ1) is 19.5. The molecule has 2 aromatic rings. The normalized spacial score (nSPS) is 19.9. The lowest BCUT2D eigenvalue weighted by atomic mass is 10.0. The van der Waals surface area contributed by atoms with E-state index in [-0.39, 0.29) is 5.91 Å². The van der Waals surface area contributed by atoms with Crippen LogP contribution in [0.5, 0.6) is 5.75 Å². The second-order valence-corrected chi connectivity index (χ2v) is 7.90. The van der Waals surface area contributed by atoms with Crippen LogP contribution in [0.2, 0.25) is 0 Å². The summed E-state index contributed by atoms with van der Waals surface area (Å²) in [6, 6.07) is 8.00. The van der Waals surface area contributed by atoms with Crippen LogP contribution in [0, 0.1) is 5.92 Å². The van der Waals surface area contributed by atoms with Gasteiger partial charge in [0.25, 0.3) is 5.91 Å². The molecular formula is C22H29N5O2. The molecule has 2 fully saturated rings. The first-order valence-electron chi connectivity index (χ1n) is 10.4. The zero-order chi connectivity index (χ0) is 20.2. The fraction of sp³-hybridized carbons (Fsp3) is 0.500. The molecule has 1 amide bonds. The number of nitrogens with zero attached hydrogens (tertiary/aromatic N) is 5. The summed E-state index contributed by atoms with van der Waals surface area (Å²) < 4.78 is 5.47. The maximum Gasteiger partial charge on any atom is 0.274 e. The van der Waals surface area contributed by atoms with E-state index < -0.39 is 0 Å². The van der Waals surface area contributed by atoms with Gasteiger partial charge in [-0.05, 0) is 30.9 Å². The molecule has 2 aliphatic heterocycles. The van der Waals surface area contributed by atoms with Crippen molar-refractivity contribution in [2.24, 2.45) is 5.92 Å². The van der Waals surface area contributed by atoms with E-state index >= 15 is 0 Å². The standard InChI is InChI=1S/C22H29N5O2/c1-17-6-5-9-27(16-17)21-15-23-18(14-24-21)22(28)26-12-10-25(11-13-26)19-7-3-4-8-20(19)29-2/h3-4,7-8,14-15,17H,5-6,9-13,16H2,1-2H3. The number of hydrogen-bond donors (Lipinski definition) is 0. The second-order valence-electron chi connectivity index (χ2n) is 7.90. The summed E-state index contributed by atoms with van der Waals surface area (Å²) in [5.41, 5.74) is 1.49. The zero-order valence-corrected chi connectivity index (χ0v) is 17.3. The van der Waals surface area contributed by atoms with E-state index in [2.05, 4.69) is 32.8 Å². The lowest BCUT2D eigenvalue weighted by molar-refractivity contribution is 0.0740. The van der Waals surface area contributed by atoms with Crippen molar-refractivity contribution < 1.29 is 9.53 Å². The number of hydrogen-bond acceptors (Lipinski definition) is 6. The number of piperidine rings is 1. The molecule has 1 unspecified atom stereocenters. The smallest absolute Gasteiger partial charge is 0.274 e. The van der Waals surface area contributed by atoms with Gasteiger partial charge in [0.15, 0.2) is 0 Å². The number of ether oxygens (including phenoxy) is 1.